The van der Waals surface area contributed by atoms with Crippen LogP contribution < -0.4 is 4.72 Å². The molecule has 0 unspecified atom stereocenters. The largest absolute Gasteiger partial charge is 0.466 e. The summed E-state index contributed by atoms with van der Waals surface area (Å²) in [5, 5.41) is 0. The Balaban J connectivity index is 1.68. The third kappa shape index (κ3) is 3.63. The van der Waals surface area contributed by atoms with Crippen molar-refractivity contribution in [3.8, 4) is 0 Å². The molecule has 0 radical (unpaired) electrons. The van der Waals surface area contributed by atoms with Gasteiger partial charge in [-0.05, 0) is 43.7 Å². The zero-order valence-corrected chi connectivity index (χ0v) is 14.7. The van der Waals surface area contributed by atoms with Crippen molar-refractivity contribution >= 4 is 16.2 Å². The van der Waals surface area contributed by atoms with Gasteiger partial charge in [0.05, 0.1) is 12.5 Å². The maximum absolute atomic E-state index is 12.7. The van der Waals surface area contributed by atoms with Gasteiger partial charge in [-0.3, -0.25) is 4.79 Å². The second-order valence-corrected chi connectivity index (χ2v) is 8.06. The maximum Gasteiger partial charge on any atom is 0.310 e. The molecule has 2 atom stereocenters. The van der Waals surface area contributed by atoms with E-state index in [9.17, 15) is 13.2 Å². The number of nitrogens with one attached hydrogen (secondary N) is 1. The normalized spacial score (nSPS) is 24.5. The van der Waals surface area contributed by atoms with Crippen LogP contribution in [0.1, 0.15) is 43.4 Å². The SMILES string of the molecule is CCOC(=O)[C@H]1CCCN(S(=O)(=O)N[C@H]2CCc3ccccc32)C1. The number of nitrogens with zero attached hydrogens (tertiary/aromatic N) is 1. The highest BCUT2D eigenvalue weighted by Crippen LogP contribution is 2.32. The average Bonchev–Trinajstić information content (AvgIpc) is 2.98. The molecular formula is C17H24N2O4S. The second-order valence-electron chi connectivity index (χ2n) is 6.36. The summed E-state index contributed by atoms with van der Waals surface area (Å²) >= 11 is 0. The predicted octanol–water partition coefficient (Wildman–Crippen LogP) is 1.78. The van der Waals surface area contributed by atoms with Crippen molar-refractivity contribution in [2.75, 3.05) is 19.7 Å². The van der Waals surface area contributed by atoms with Crippen molar-refractivity contribution in [3.05, 3.63) is 35.4 Å². The Kier molecular flexibility index (Phi) is 5.22. The maximum atomic E-state index is 12.7. The van der Waals surface area contributed by atoms with Crippen molar-refractivity contribution in [2.24, 2.45) is 5.92 Å². The van der Waals surface area contributed by atoms with Crippen molar-refractivity contribution in [3.63, 3.8) is 0 Å². The van der Waals surface area contributed by atoms with E-state index in [1.165, 1.54) is 9.87 Å². The van der Waals surface area contributed by atoms with E-state index in [1.54, 1.807) is 6.92 Å². The summed E-state index contributed by atoms with van der Waals surface area (Å²) < 4.78 is 34.7. The van der Waals surface area contributed by atoms with E-state index in [-0.39, 0.29) is 24.5 Å². The van der Waals surface area contributed by atoms with Crippen LogP contribution in [0.4, 0.5) is 0 Å². The Labute approximate surface area is 143 Å². The Morgan fingerprint density at radius 2 is 2.12 bits per heavy atom. The molecule has 3 rings (SSSR count). The molecule has 1 aliphatic carbocycles. The summed E-state index contributed by atoms with van der Waals surface area (Å²) in [5.41, 5.74) is 2.26. The summed E-state index contributed by atoms with van der Waals surface area (Å²) in [6.07, 6.45) is 3.01. The number of hydrogen-bond donors (Lipinski definition) is 1. The molecule has 7 heteroatoms. The van der Waals surface area contributed by atoms with Crippen LogP contribution in [-0.4, -0.2) is 38.4 Å². The lowest BCUT2D eigenvalue weighted by Gasteiger charge is -2.31. The van der Waals surface area contributed by atoms with E-state index >= 15 is 0 Å². The van der Waals surface area contributed by atoms with Gasteiger partial charge in [0.15, 0.2) is 0 Å². The number of ether oxygens (including phenoxy) is 1. The quantitative estimate of drug-likeness (QED) is 0.820. The summed E-state index contributed by atoms with van der Waals surface area (Å²) in [6.45, 7) is 2.72. The Morgan fingerprint density at radius 3 is 2.92 bits per heavy atom. The third-order valence-electron chi connectivity index (χ3n) is 4.77. The van der Waals surface area contributed by atoms with Gasteiger partial charge in [0.2, 0.25) is 0 Å². The highest BCUT2D eigenvalue weighted by molar-refractivity contribution is 7.87. The molecule has 0 saturated carbocycles. The third-order valence-corrected chi connectivity index (χ3v) is 6.36. The lowest BCUT2D eigenvalue weighted by atomic mass is 10.0. The van der Waals surface area contributed by atoms with Crippen LogP contribution in [0.15, 0.2) is 24.3 Å². The summed E-state index contributed by atoms with van der Waals surface area (Å²) in [4.78, 5) is 11.9. The first-order chi connectivity index (χ1) is 11.5. The smallest absolute Gasteiger partial charge is 0.310 e. The minimum Gasteiger partial charge on any atom is -0.466 e. The molecule has 1 fully saturated rings. The van der Waals surface area contributed by atoms with Crippen molar-refractivity contribution in [1.29, 1.82) is 0 Å². The number of carbonyl (C=O) groups is 1. The molecule has 1 aliphatic heterocycles. The average molecular weight is 352 g/mol. The fraction of sp³-hybridized carbons (Fsp3) is 0.588. The van der Waals surface area contributed by atoms with Crippen LogP contribution in [0.2, 0.25) is 0 Å². The van der Waals surface area contributed by atoms with Gasteiger partial charge in [0, 0.05) is 19.1 Å². The number of rotatable bonds is 5. The molecule has 6 nitrogen and oxygen atoms in total. The van der Waals surface area contributed by atoms with Gasteiger partial charge >= 0.3 is 5.97 Å². The van der Waals surface area contributed by atoms with Gasteiger partial charge in [0.1, 0.15) is 0 Å². The molecule has 1 aromatic carbocycles. The summed E-state index contributed by atoms with van der Waals surface area (Å²) in [7, 11) is -3.62. The minimum absolute atomic E-state index is 0.186. The number of aryl methyl sites for hydroxylation is 1. The molecular weight excluding hydrogens is 328 g/mol. The summed E-state index contributed by atoms with van der Waals surface area (Å²) in [6, 6.07) is 7.75. The number of hydrogen-bond acceptors (Lipinski definition) is 4. The Morgan fingerprint density at radius 1 is 1.33 bits per heavy atom. The van der Waals surface area contributed by atoms with Gasteiger partial charge in [-0.15, -0.1) is 0 Å². The molecule has 1 N–H and O–H groups in total. The predicted molar refractivity (Wildman–Crippen MR) is 90.5 cm³/mol. The Hall–Kier alpha value is -1.44. The van der Waals surface area contributed by atoms with Crippen molar-refractivity contribution < 1.29 is 17.9 Å². The van der Waals surface area contributed by atoms with Gasteiger partial charge in [-0.25, -0.2) is 0 Å². The first-order valence-electron chi connectivity index (χ1n) is 8.53. The molecule has 1 aromatic rings. The van der Waals surface area contributed by atoms with E-state index in [0.29, 0.717) is 26.0 Å². The first-order valence-corrected chi connectivity index (χ1v) is 9.97. The highest BCUT2D eigenvalue weighted by Gasteiger charge is 2.35. The van der Waals surface area contributed by atoms with Crippen LogP contribution in [0.5, 0.6) is 0 Å². The standard InChI is InChI=1S/C17H24N2O4S/c1-2-23-17(20)14-7-5-11-19(12-14)24(21,22)18-16-10-9-13-6-3-4-8-15(13)16/h3-4,6,8,14,16,18H,2,5,7,9-12H2,1H3/t14-,16-/m0/s1. The zero-order chi connectivity index (χ0) is 17.2. The number of esters is 1. The van der Waals surface area contributed by atoms with Crippen LogP contribution in [0, 0.1) is 5.92 Å². The zero-order valence-electron chi connectivity index (χ0n) is 13.9. The van der Waals surface area contributed by atoms with E-state index in [0.717, 1.165) is 18.4 Å². The van der Waals surface area contributed by atoms with E-state index in [2.05, 4.69) is 4.72 Å². The van der Waals surface area contributed by atoms with Crippen LogP contribution in [-0.2, 0) is 26.2 Å². The molecule has 1 saturated heterocycles. The van der Waals surface area contributed by atoms with Crippen LogP contribution >= 0.6 is 0 Å². The lowest BCUT2D eigenvalue weighted by Crippen LogP contribution is -2.48. The van der Waals surface area contributed by atoms with Crippen molar-refractivity contribution in [2.45, 2.75) is 38.6 Å². The molecule has 132 valence electrons. The molecule has 2 aliphatic rings. The fourth-order valence-electron chi connectivity index (χ4n) is 3.55. The van der Waals surface area contributed by atoms with Crippen molar-refractivity contribution in [1.82, 2.24) is 9.03 Å². The molecule has 24 heavy (non-hydrogen) atoms. The summed E-state index contributed by atoms with van der Waals surface area (Å²) in [5.74, 6) is -0.672. The van der Waals surface area contributed by atoms with Gasteiger partial charge in [-0.1, -0.05) is 24.3 Å². The van der Waals surface area contributed by atoms with Gasteiger partial charge < -0.3 is 4.74 Å². The lowest BCUT2D eigenvalue weighted by molar-refractivity contribution is -0.149. The highest BCUT2D eigenvalue weighted by atomic mass is 32.2. The molecule has 0 spiro atoms. The molecule has 0 bridgehead atoms. The minimum atomic E-state index is -3.62. The number of benzene rings is 1. The van der Waals surface area contributed by atoms with E-state index in [4.69, 9.17) is 4.74 Å². The number of carbonyl (C=O) groups excluding carboxylic acids is 1. The van der Waals surface area contributed by atoms with Gasteiger partial charge in [0.25, 0.3) is 10.2 Å². The Bertz CT molecular complexity index is 704. The molecule has 0 amide bonds. The van der Waals surface area contributed by atoms with Gasteiger partial charge in [-0.2, -0.15) is 17.4 Å². The topological polar surface area (TPSA) is 75.7 Å². The van der Waals surface area contributed by atoms with E-state index in [1.807, 2.05) is 24.3 Å². The molecule has 0 aromatic heterocycles. The molecule has 1 heterocycles. The fourth-order valence-corrected chi connectivity index (χ4v) is 5.05. The number of piperidine rings is 1. The second kappa shape index (κ2) is 7.21. The van der Waals surface area contributed by atoms with Crippen LogP contribution in [0.25, 0.3) is 0 Å². The monoisotopic (exact) mass is 352 g/mol. The van der Waals surface area contributed by atoms with E-state index < -0.39 is 10.2 Å². The number of fused-ring (bicyclic) bond motifs is 1. The first kappa shape index (κ1) is 17.4. The van der Waals surface area contributed by atoms with Crippen LogP contribution in [0.3, 0.4) is 0 Å².